The molecule has 5 rings (SSSR count). The van der Waals surface area contributed by atoms with Crippen LogP contribution in [0.2, 0.25) is 0 Å². The number of rotatable bonds is 8. The molecule has 8 nitrogen and oxygen atoms in total. The van der Waals surface area contributed by atoms with E-state index in [1.54, 1.807) is 21.9 Å². The van der Waals surface area contributed by atoms with Gasteiger partial charge in [-0.05, 0) is 42.5 Å². The number of likely N-dealkylation sites (tertiary alicyclic amines) is 1. The monoisotopic (exact) mass is 442 g/mol. The van der Waals surface area contributed by atoms with Gasteiger partial charge >= 0.3 is 0 Å². The van der Waals surface area contributed by atoms with E-state index in [9.17, 15) is 13.2 Å². The SMILES string of the molecule is CS(=O)(=O)C1CN(CCn2cc(N3CC=C(Oc4ccc(C5CC5)cc4)C3=O)cn2)C1. The van der Waals surface area contributed by atoms with Gasteiger partial charge < -0.3 is 4.74 Å². The highest BCUT2D eigenvalue weighted by atomic mass is 32.2. The normalized spacial score (nSPS) is 20.1. The molecule has 0 radical (unpaired) electrons. The summed E-state index contributed by atoms with van der Waals surface area (Å²) in [6.07, 6.45) is 9.11. The van der Waals surface area contributed by atoms with Crippen LogP contribution in [0.4, 0.5) is 5.69 Å². The first kappa shape index (κ1) is 20.3. The number of benzene rings is 1. The van der Waals surface area contributed by atoms with Crippen molar-refractivity contribution in [2.45, 2.75) is 30.6 Å². The lowest BCUT2D eigenvalue weighted by Gasteiger charge is -2.37. The van der Waals surface area contributed by atoms with Crippen LogP contribution < -0.4 is 9.64 Å². The Morgan fingerprint density at radius 3 is 2.55 bits per heavy atom. The highest BCUT2D eigenvalue weighted by Gasteiger charge is 2.34. The Bertz CT molecular complexity index is 1110. The van der Waals surface area contributed by atoms with Crippen LogP contribution in [0.15, 0.2) is 48.5 Å². The van der Waals surface area contributed by atoms with Crippen LogP contribution in [-0.2, 0) is 21.2 Å². The summed E-state index contributed by atoms with van der Waals surface area (Å²) >= 11 is 0. The fourth-order valence-electron chi connectivity index (χ4n) is 3.97. The third kappa shape index (κ3) is 4.38. The molecule has 31 heavy (non-hydrogen) atoms. The van der Waals surface area contributed by atoms with Crippen LogP contribution in [0.1, 0.15) is 24.3 Å². The molecule has 9 heteroatoms. The first-order valence-electron chi connectivity index (χ1n) is 10.6. The van der Waals surface area contributed by atoms with Crippen molar-refractivity contribution in [3.63, 3.8) is 0 Å². The van der Waals surface area contributed by atoms with Gasteiger partial charge in [0.25, 0.3) is 5.91 Å². The standard InChI is InChI=1S/C22H26N4O4S/c1-31(28,29)20-14-24(15-20)10-11-25-13-18(12-23-25)26-9-8-21(22(26)27)30-19-6-4-17(5-7-19)16-2-3-16/h4-8,12-13,16,20H,2-3,9-11,14-15H2,1H3. The molecule has 1 amide bonds. The van der Waals surface area contributed by atoms with Crippen molar-refractivity contribution < 1.29 is 17.9 Å². The number of carbonyl (C=O) groups excluding carboxylic acids is 1. The molecule has 164 valence electrons. The maximum atomic E-state index is 12.8. The fraction of sp³-hybridized carbons (Fsp3) is 0.455. The summed E-state index contributed by atoms with van der Waals surface area (Å²) in [5.74, 6) is 1.52. The van der Waals surface area contributed by atoms with Crippen molar-refractivity contribution in [2.24, 2.45) is 0 Å². The average Bonchev–Trinajstić information content (AvgIpc) is 3.34. The molecule has 0 atom stereocenters. The van der Waals surface area contributed by atoms with Crippen molar-refractivity contribution in [3.05, 3.63) is 54.1 Å². The highest BCUT2D eigenvalue weighted by molar-refractivity contribution is 7.91. The number of amides is 1. The Labute approximate surface area is 182 Å². The molecule has 1 aromatic carbocycles. The summed E-state index contributed by atoms with van der Waals surface area (Å²) in [4.78, 5) is 16.5. The number of hydrogen-bond acceptors (Lipinski definition) is 6. The largest absolute Gasteiger partial charge is 0.452 e. The average molecular weight is 443 g/mol. The summed E-state index contributed by atoms with van der Waals surface area (Å²) in [6.45, 7) is 2.96. The number of nitrogens with zero attached hydrogens (tertiary/aromatic N) is 4. The topological polar surface area (TPSA) is 84.7 Å². The van der Waals surface area contributed by atoms with E-state index in [2.05, 4.69) is 22.1 Å². The second kappa shape index (κ2) is 7.80. The molecule has 2 aromatic rings. The minimum Gasteiger partial charge on any atom is -0.452 e. The van der Waals surface area contributed by atoms with E-state index < -0.39 is 9.84 Å². The Morgan fingerprint density at radius 1 is 1.13 bits per heavy atom. The molecule has 2 fully saturated rings. The number of sulfone groups is 1. The van der Waals surface area contributed by atoms with E-state index >= 15 is 0 Å². The Morgan fingerprint density at radius 2 is 1.87 bits per heavy atom. The summed E-state index contributed by atoms with van der Waals surface area (Å²) in [5, 5.41) is 4.10. The van der Waals surface area contributed by atoms with E-state index in [0.29, 0.717) is 43.6 Å². The van der Waals surface area contributed by atoms with Gasteiger partial charge in [-0.25, -0.2) is 8.42 Å². The molecule has 0 N–H and O–H groups in total. The van der Waals surface area contributed by atoms with Gasteiger partial charge in [-0.2, -0.15) is 5.10 Å². The summed E-state index contributed by atoms with van der Waals surface area (Å²) in [5.41, 5.74) is 2.06. The van der Waals surface area contributed by atoms with Crippen LogP contribution in [0.5, 0.6) is 5.75 Å². The molecule has 1 saturated carbocycles. The van der Waals surface area contributed by atoms with Gasteiger partial charge in [0.2, 0.25) is 0 Å². The highest BCUT2D eigenvalue weighted by Crippen LogP contribution is 2.40. The van der Waals surface area contributed by atoms with E-state index in [1.165, 1.54) is 24.7 Å². The van der Waals surface area contributed by atoms with Gasteiger partial charge in [0.05, 0.1) is 23.7 Å². The van der Waals surface area contributed by atoms with Gasteiger partial charge in [0.15, 0.2) is 15.6 Å². The number of ether oxygens (including phenoxy) is 1. The van der Waals surface area contributed by atoms with Gasteiger partial charge in [-0.1, -0.05) is 12.1 Å². The van der Waals surface area contributed by atoms with Crippen LogP contribution in [0, 0.1) is 0 Å². The quantitative estimate of drug-likeness (QED) is 0.620. The van der Waals surface area contributed by atoms with Gasteiger partial charge in [0.1, 0.15) is 5.75 Å². The van der Waals surface area contributed by atoms with E-state index in [4.69, 9.17) is 4.74 Å². The zero-order valence-corrected chi connectivity index (χ0v) is 18.3. The molecule has 0 spiro atoms. The van der Waals surface area contributed by atoms with E-state index in [-0.39, 0.29) is 11.2 Å². The second-order valence-corrected chi connectivity index (χ2v) is 10.9. The maximum absolute atomic E-state index is 12.8. The number of anilines is 1. The summed E-state index contributed by atoms with van der Waals surface area (Å²) in [7, 11) is -2.95. The van der Waals surface area contributed by atoms with Crippen LogP contribution in [0.3, 0.4) is 0 Å². The van der Waals surface area contributed by atoms with Crippen molar-refractivity contribution >= 4 is 21.4 Å². The summed E-state index contributed by atoms with van der Waals surface area (Å²) < 4.78 is 30.6. The number of carbonyl (C=O) groups is 1. The number of aromatic nitrogens is 2. The first-order valence-corrected chi connectivity index (χ1v) is 12.6. The van der Waals surface area contributed by atoms with Crippen LogP contribution >= 0.6 is 0 Å². The fourth-order valence-corrected chi connectivity index (χ4v) is 4.93. The summed E-state index contributed by atoms with van der Waals surface area (Å²) in [6, 6.07) is 8.00. The van der Waals surface area contributed by atoms with Crippen LogP contribution in [-0.4, -0.2) is 66.7 Å². The van der Waals surface area contributed by atoms with Crippen LogP contribution in [0.25, 0.3) is 0 Å². The van der Waals surface area contributed by atoms with Crippen molar-refractivity contribution in [2.75, 3.05) is 37.3 Å². The maximum Gasteiger partial charge on any atom is 0.294 e. The minimum absolute atomic E-state index is 0.176. The lowest BCUT2D eigenvalue weighted by atomic mass is 10.1. The molecule has 1 aliphatic carbocycles. The third-order valence-corrected chi connectivity index (χ3v) is 7.69. The van der Waals surface area contributed by atoms with E-state index in [1.807, 2.05) is 18.3 Å². The molecule has 0 bridgehead atoms. The van der Waals surface area contributed by atoms with Crippen molar-refractivity contribution in [3.8, 4) is 5.75 Å². The molecule has 0 unspecified atom stereocenters. The Hall–Kier alpha value is -2.65. The molecular weight excluding hydrogens is 416 g/mol. The lowest BCUT2D eigenvalue weighted by molar-refractivity contribution is -0.116. The Kier molecular flexibility index (Phi) is 5.10. The van der Waals surface area contributed by atoms with E-state index in [0.717, 1.165) is 12.2 Å². The third-order valence-electron chi connectivity index (χ3n) is 6.18. The molecule has 1 saturated heterocycles. The molecule has 3 aliphatic rings. The second-order valence-electron chi connectivity index (χ2n) is 8.60. The molecular formula is C22H26N4O4S. The Balaban J connectivity index is 1.13. The molecule has 1 aromatic heterocycles. The zero-order chi connectivity index (χ0) is 21.6. The smallest absolute Gasteiger partial charge is 0.294 e. The van der Waals surface area contributed by atoms with Gasteiger partial charge in [-0.3, -0.25) is 19.3 Å². The molecule has 3 heterocycles. The minimum atomic E-state index is -2.95. The first-order chi connectivity index (χ1) is 14.9. The molecule has 2 aliphatic heterocycles. The van der Waals surface area contributed by atoms with Crippen molar-refractivity contribution in [1.82, 2.24) is 14.7 Å². The van der Waals surface area contributed by atoms with Gasteiger partial charge in [0, 0.05) is 38.6 Å². The number of hydrogen-bond donors (Lipinski definition) is 0. The predicted octanol–water partition coefficient (Wildman–Crippen LogP) is 1.80. The van der Waals surface area contributed by atoms with Crippen molar-refractivity contribution in [1.29, 1.82) is 0 Å². The zero-order valence-electron chi connectivity index (χ0n) is 17.5. The predicted molar refractivity (Wildman–Crippen MR) is 117 cm³/mol. The lowest BCUT2D eigenvalue weighted by Crippen LogP contribution is -2.54. The van der Waals surface area contributed by atoms with Gasteiger partial charge in [-0.15, -0.1) is 0 Å².